The average Bonchev–Trinajstić information content (AvgIpc) is 2.90. The highest BCUT2D eigenvalue weighted by molar-refractivity contribution is 9.10. The number of thiophene rings is 1. The van der Waals surface area contributed by atoms with Gasteiger partial charge in [-0.15, -0.1) is 11.3 Å². The van der Waals surface area contributed by atoms with E-state index in [-0.39, 0.29) is 0 Å². The van der Waals surface area contributed by atoms with Crippen molar-refractivity contribution >= 4 is 66.5 Å². The van der Waals surface area contributed by atoms with Crippen molar-refractivity contribution in [1.29, 1.82) is 0 Å². The fourth-order valence-corrected chi connectivity index (χ4v) is 3.27. The van der Waals surface area contributed by atoms with Gasteiger partial charge in [0.15, 0.2) is 0 Å². The zero-order valence-electron chi connectivity index (χ0n) is 10.4. The number of nitrogens with one attached hydrogen (secondary N) is 2. The molecule has 2 N–H and O–H groups in total. The Morgan fingerprint density at radius 3 is 2.85 bits per heavy atom. The molecule has 1 aromatic carbocycles. The second-order valence-corrected chi connectivity index (χ2v) is 6.25. The van der Waals surface area contributed by atoms with Gasteiger partial charge in [-0.3, -0.25) is 0 Å². The lowest BCUT2D eigenvalue weighted by Gasteiger charge is -2.10. The Bertz CT molecular complexity index is 774. The lowest BCUT2D eigenvalue weighted by molar-refractivity contribution is 1.20. The lowest BCUT2D eigenvalue weighted by Crippen LogP contribution is -2.01. The Hall–Kier alpha value is -1.37. The normalized spacial score (nSPS) is 10.8. The summed E-state index contributed by atoms with van der Waals surface area (Å²) in [5, 5.41) is 9.83. The summed E-state index contributed by atoms with van der Waals surface area (Å²) in [7, 11) is 1.80. The van der Waals surface area contributed by atoms with Crippen LogP contribution in [0.15, 0.2) is 34.1 Å². The summed E-state index contributed by atoms with van der Waals surface area (Å²) < 4.78 is 0.937. The van der Waals surface area contributed by atoms with Crippen LogP contribution in [0.25, 0.3) is 10.2 Å². The van der Waals surface area contributed by atoms with E-state index in [1.807, 2.05) is 29.6 Å². The number of nitrogens with zero attached hydrogens (tertiary/aromatic N) is 2. The highest BCUT2D eigenvalue weighted by Gasteiger charge is 2.10. The van der Waals surface area contributed by atoms with Crippen LogP contribution in [0, 0.1) is 0 Å². The van der Waals surface area contributed by atoms with E-state index < -0.39 is 0 Å². The molecule has 4 nitrogen and oxygen atoms in total. The third kappa shape index (κ3) is 2.59. The third-order valence-corrected chi connectivity index (χ3v) is 4.35. The van der Waals surface area contributed by atoms with Gasteiger partial charge in [-0.05, 0) is 29.6 Å². The zero-order valence-corrected chi connectivity index (χ0v) is 13.6. The fraction of sp³-hybridized carbons (Fsp3) is 0.0769. The maximum atomic E-state index is 6.23. The second kappa shape index (κ2) is 5.55. The number of hydrogen-bond acceptors (Lipinski definition) is 5. The van der Waals surface area contributed by atoms with E-state index in [1.165, 1.54) is 0 Å². The Balaban J connectivity index is 2.07. The number of fused-ring (bicyclic) bond motifs is 1. The molecule has 3 rings (SSSR count). The summed E-state index contributed by atoms with van der Waals surface area (Å²) >= 11 is 11.2. The molecule has 20 heavy (non-hydrogen) atoms. The molecule has 2 heterocycles. The van der Waals surface area contributed by atoms with Crippen LogP contribution in [0.1, 0.15) is 0 Å². The molecule has 0 spiro atoms. The maximum Gasteiger partial charge on any atom is 0.225 e. The Kier molecular flexibility index (Phi) is 3.78. The van der Waals surface area contributed by atoms with Gasteiger partial charge in [0, 0.05) is 11.5 Å². The second-order valence-electron chi connectivity index (χ2n) is 4.03. The van der Waals surface area contributed by atoms with Crippen LogP contribution in [-0.4, -0.2) is 17.0 Å². The topological polar surface area (TPSA) is 49.8 Å². The molecular weight excluding hydrogens is 360 g/mol. The molecule has 0 bridgehead atoms. The van der Waals surface area contributed by atoms with Crippen LogP contribution in [-0.2, 0) is 0 Å². The summed E-state index contributed by atoms with van der Waals surface area (Å²) in [6.07, 6.45) is 0. The molecule has 102 valence electrons. The predicted molar refractivity (Wildman–Crippen MR) is 89.4 cm³/mol. The Morgan fingerprint density at radius 1 is 1.25 bits per heavy atom. The van der Waals surface area contributed by atoms with Crippen molar-refractivity contribution < 1.29 is 0 Å². The molecular formula is C13H10BrClN4S. The number of anilines is 3. The van der Waals surface area contributed by atoms with Crippen LogP contribution in [0.5, 0.6) is 0 Å². The third-order valence-electron chi connectivity index (χ3n) is 2.73. The Labute approximate surface area is 133 Å². The molecule has 0 amide bonds. The van der Waals surface area contributed by atoms with Crippen molar-refractivity contribution in [3.05, 3.63) is 39.1 Å². The van der Waals surface area contributed by atoms with Crippen molar-refractivity contribution in [1.82, 2.24) is 9.97 Å². The molecule has 2 aromatic heterocycles. The molecule has 0 aliphatic heterocycles. The smallest absolute Gasteiger partial charge is 0.225 e. The van der Waals surface area contributed by atoms with E-state index in [9.17, 15) is 0 Å². The number of rotatable bonds is 3. The zero-order chi connectivity index (χ0) is 14.1. The summed E-state index contributed by atoms with van der Waals surface area (Å²) in [4.78, 5) is 9.79. The molecule has 0 atom stereocenters. The number of benzene rings is 1. The van der Waals surface area contributed by atoms with Crippen LogP contribution >= 0.6 is 38.9 Å². The standard InChI is InChI=1S/C13H10BrClN4S/c1-16-13-18-11(8-4-5-20-12(8)19-13)17-10-3-2-7(14)6-9(10)15/h2-6H,1H3,(H2,16,17,18,19). The minimum atomic E-state index is 0.579. The molecule has 0 aliphatic rings. The molecule has 0 radical (unpaired) electrons. The van der Waals surface area contributed by atoms with Gasteiger partial charge in [0.05, 0.1) is 16.1 Å². The monoisotopic (exact) mass is 368 g/mol. The number of aromatic nitrogens is 2. The lowest BCUT2D eigenvalue weighted by atomic mass is 10.3. The van der Waals surface area contributed by atoms with Gasteiger partial charge in [-0.1, -0.05) is 27.5 Å². The summed E-state index contributed by atoms with van der Waals surface area (Å²) in [5.74, 6) is 1.32. The summed E-state index contributed by atoms with van der Waals surface area (Å²) in [6.45, 7) is 0. The first-order valence-electron chi connectivity index (χ1n) is 5.82. The van der Waals surface area contributed by atoms with E-state index in [1.54, 1.807) is 18.4 Å². The van der Waals surface area contributed by atoms with Gasteiger partial charge < -0.3 is 10.6 Å². The van der Waals surface area contributed by atoms with Crippen molar-refractivity contribution in [2.75, 3.05) is 17.7 Å². The van der Waals surface area contributed by atoms with Gasteiger partial charge in [0.25, 0.3) is 0 Å². The average molecular weight is 370 g/mol. The number of halogens is 2. The molecule has 0 saturated heterocycles. The highest BCUT2D eigenvalue weighted by atomic mass is 79.9. The highest BCUT2D eigenvalue weighted by Crippen LogP contribution is 2.32. The molecule has 0 fully saturated rings. The van der Waals surface area contributed by atoms with Crippen molar-refractivity contribution in [3.8, 4) is 0 Å². The SMILES string of the molecule is CNc1nc(Nc2ccc(Br)cc2Cl)c2ccsc2n1. The van der Waals surface area contributed by atoms with Gasteiger partial charge in [0.1, 0.15) is 10.6 Å². The van der Waals surface area contributed by atoms with Gasteiger partial charge in [-0.2, -0.15) is 4.98 Å². The predicted octanol–water partition coefficient (Wildman–Crippen LogP) is 4.89. The van der Waals surface area contributed by atoms with E-state index >= 15 is 0 Å². The van der Waals surface area contributed by atoms with Crippen molar-refractivity contribution in [2.24, 2.45) is 0 Å². The number of hydrogen-bond donors (Lipinski definition) is 2. The van der Waals surface area contributed by atoms with E-state index in [0.717, 1.165) is 26.2 Å². The van der Waals surface area contributed by atoms with Crippen molar-refractivity contribution in [2.45, 2.75) is 0 Å². The largest absolute Gasteiger partial charge is 0.357 e. The van der Waals surface area contributed by atoms with Crippen LogP contribution in [0.4, 0.5) is 17.5 Å². The van der Waals surface area contributed by atoms with Gasteiger partial charge in [0.2, 0.25) is 5.95 Å². The quantitative estimate of drug-likeness (QED) is 0.690. The molecule has 3 aromatic rings. The van der Waals surface area contributed by atoms with Crippen molar-refractivity contribution in [3.63, 3.8) is 0 Å². The minimum Gasteiger partial charge on any atom is -0.357 e. The molecule has 7 heteroatoms. The summed E-state index contributed by atoms with van der Waals surface area (Å²) in [6, 6.07) is 7.67. The van der Waals surface area contributed by atoms with Crippen LogP contribution in [0.3, 0.4) is 0 Å². The van der Waals surface area contributed by atoms with E-state index in [2.05, 4.69) is 36.5 Å². The summed E-state index contributed by atoms with van der Waals surface area (Å²) in [5.41, 5.74) is 0.808. The first-order chi connectivity index (χ1) is 9.67. The molecule has 0 aliphatic carbocycles. The molecule has 0 unspecified atom stereocenters. The first kappa shape index (κ1) is 13.6. The van der Waals surface area contributed by atoms with Crippen LogP contribution < -0.4 is 10.6 Å². The fourth-order valence-electron chi connectivity index (χ4n) is 1.78. The minimum absolute atomic E-state index is 0.579. The van der Waals surface area contributed by atoms with Gasteiger partial charge in [-0.25, -0.2) is 4.98 Å². The maximum absolute atomic E-state index is 6.23. The van der Waals surface area contributed by atoms with E-state index in [4.69, 9.17) is 11.6 Å². The van der Waals surface area contributed by atoms with Gasteiger partial charge >= 0.3 is 0 Å². The van der Waals surface area contributed by atoms with E-state index in [0.29, 0.717) is 11.0 Å². The van der Waals surface area contributed by atoms with Crippen LogP contribution in [0.2, 0.25) is 5.02 Å². The molecule has 0 saturated carbocycles. The Morgan fingerprint density at radius 2 is 2.10 bits per heavy atom. The first-order valence-corrected chi connectivity index (χ1v) is 7.87.